The predicted molar refractivity (Wildman–Crippen MR) is 190 cm³/mol. The van der Waals surface area contributed by atoms with Crippen LogP contribution in [0.3, 0.4) is 0 Å². The zero-order valence-corrected chi connectivity index (χ0v) is 33.7. The molecule has 0 radical (unpaired) electrons. The Bertz CT molecular complexity index is 1360. The van der Waals surface area contributed by atoms with E-state index in [4.69, 9.17) is 9.32 Å². The lowest BCUT2D eigenvalue weighted by Gasteiger charge is -2.62. The Morgan fingerprint density at radius 2 is 0.733 bits per heavy atom. The van der Waals surface area contributed by atoms with Gasteiger partial charge in [0.25, 0.3) is 0 Å². The van der Waals surface area contributed by atoms with Crippen LogP contribution < -0.4 is 0 Å². The zero-order valence-electron chi connectivity index (χ0n) is 28.7. The highest BCUT2D eigenvalue weighted by Gasteiger charge is 2.83. The van der Waals surface area contributed by atoms with Crippen molar-refractivity contribution in [2.24, 2.45) is 9.32 Å². The lowest BCUT2D eigenvalue weighted by molar-refractivity contribution is -0.138. The largest absolute Gasteiger partial charge is 0.416 e. The first-order valence-electron chi connectivity index (χ1n) is 15.6. The molecule has 0 N–H and O–H groups in total. The van der Waals surface area contributed by atoms with Gasteiger partial charge in [0.2, 0.25) is 0 Å². The van der Waals surface area contributed by atoms with Crippen LogP contribution in [-0.4, -0.2) is 52.1 Å². The average molecular weight is 715 g/mol. The van der Waals surface area contributed by atoms with Gasteiger partial charge in [-0.1, -0.05) is 116 Å². The van der Waals surface area contributed by atoms with Crippen molar-refractivity contribution >= 4 is 52.1 Å². The van der Waals surface area contributed by atoms with Crippen molar-refractivity contribution < 1.29 is 26.3 Å². The van der Waals surface area contributed by atoms with Crippen molar-refractivity contribution in [2.45, 2.75) is 112 Å². The van der Waals surface area contributed by atoms with Crippen molar-refractivity contribution in [3.63, 3.8) is 0 Å². The van der Waals surface area contributed by atoms with Crippen molar-refractivity contribution in [1.82, 2.24) is 0 Å². The Morgan fingerprint density at radius 1 is 0.489 bits per heavy atom. The fourth-order valence-electron chi connectivity index (χ4n) is 9.80. The van der Waals surface area contributed by atoms with E-state index in [1.807, 2.05) is 0 Å². The zero-order chi connectivity index (χ0) is 34.4. The molecular formula is C32H48F6N2Si5. The number of hydrogen-bond acceptors (Lipinski definition) is 2. The molecule has 4 rings (SSSR count). The maximum Gasteiger partial charge on any atom is 0.416 e. The third-order valence-corrected chi connectivity index (χ3v) is 48.3. The summed E-state index contributed by atoms with van der Waals surface area (Å²) in [6.45, 7) is 29.4. The van der Waals surface area contributed by atoms with E-state index in [2.05, 4.69) is 78.6 Å². The maximum atomic E-state index is 13.6. The molecule has 2 aliphatic rings. The standard InChI is InChI=1S/C32H48F6N2Si5/c1-41(2,3)29(42(4,5)6)21-22-30(43(7,8)9,44(10,11)12)45(29)39-27(23-13-17-25(18-14-23)31(33,34)35)28(40-45)24-15-19-26(20-16-24)32(36,37)38/h13-20H,21-22H2,1-12H3. The smallest absolute Gasteiger partial charge is 0.293 e. The topological polar surface area (TPSA) is 24.7 Å². The van der Waals surface area contributed by atoms with E-state index in [1.165, 1.54) is 24.3 Å². The molecule has 1 fully saturated rings. The molecule has 2 aromatic rings. The van der Waals surface area contributed by atoms with Gasteiger partial charge in [0.15, 0.2) is 0 Å². The summed E-state index contributed by atoms with van der Waals surface area (Å²) in [5.41, 5.74) is 0.694. The first-order chi connectivity index (χ1) is 20.1. The minimum atomic E-state index is -4.49. The molecule has 0 bridgehead atoms. The summed E-state index contributed by atoms with van der Waals surface area (Å²) in [4.78, 5) is 0. The summed E-state index contributed by atoms with van der Waals surface area (Å²) in [7, 11) is -11.4. The molecule has 0 saturated carbocycles. The van der Waals surface area contributed by atoms with Gasteiger partial charge in [-0.15, -0.1) is 0 Å². The van der Waals surface area contributed by atoms with E-state index in [-0.39, 0.29) is 8.57 Å². The van der Waals surface area contributed by atoms with Crippen LogP contribution in [-0.2, 0) is 12.4 Å². The highest BCUT2D eigenvalue weighted by molar-refractivity contribution is 7.27. The summed E-state index contributed by atoms with van der Waals surface area (Å²) in [5, 5.41) is 0. The van der Waals surface area contributed by atoms with Crippen LogP contribution in [0.4, 0.5) is 26.3 Å². The van der Waals surface area contributed by atoms with Crippen molar-refractivity contribution in [2.75, 3.05) is 0 Å². The fraction of sp³-hybridized carbons (Fsp3) is 0.562. The molecule has 0 aliphatic carbocycles. The van der Waals surface area contributed by atoms with Gasteiger partial charge < -0.3 is 0 Å². The number of hydrogen-bond donors (Lipinski definition) is 0. The second kappa shape index (κ2) is 10.7. The van der Waals surface area contributed by atoms with Crippen molar-refractivity contribution in [1.29, 1.82) is 0 Å². The fourth-order valence-corrected chi connectivity index (χ4v) is 57.0. The summed E-state index contributed by atoms with van der Waals surface area (Å²) < 4.78 is 93.5. The summed E-state index contributed by atoms with van der Waals surface area (Å²) in [6.07, 6.45) is -6.88. The number of rotatable bonds is 6. The normalized spacial score (nSPS) is 20.4. The molecule has 248 valence electrons. The second-order valence-electron chi connectivity index (χ2n) is 17.1. The molecule has 0 unspecified atom stereocenters. The molecule has 1 saturated heterocycles. The van der Waals surface area contributed by atoms with Gasteiger partial charge >= 0.3 is 20.7 Å². The molecule has 0 aromatic heterocycles. The molecule has 2 aromatic carbocycles. The first-order valence-corrected chi connectivity index (χ1v) is 31.5. The van der Waals surface area contributed by atoms with E-state index >= 15 is 0 Å². The van der Waals surface area contributed by atoms with Crippen LogP contribution in [0.2, 0.25) is 87.1 Å². The SMILES string of the molecule is C[Si](C)(C)C1([Si](C)(C)C)CCC([Si](C)(C)C)([Si](C)(C)C)[Si]12N=C(c1ccc(C(F)(F)F)cc1)C(c1ccc(C(F)(F)F)cc1)=N2. The third kappa shape index (κ3) is 5.39. The number of nitrogens with zero attached hydrogens (tertiary/aromatic N) is 2. The molecule has 13 heteroatoms. The van der Waals surface area contributed by atoms with Crippen LogP contribution in [0, 0.1) is 0 Å². The van der Waals surface area contributed by atoms with Crippen LogP contribution in [0.25, 0.3) is 0 Å². The molecular weight excluding hydrogens is 667 g/mol. The lowest BCUT2D eigenvalue weighted by atomic mass is 9.98. The molecule has 2 aliphatic heterocycles. The Hall–Kier alpha value is -1.56. The van der Waals surface area contributed by atoms with E-state index in [0.29, 0.717) is 22.6 Å². The lowest BCUT2D eigenvalue weighted by Crippen LogP contribution is -2.74. The number of halogens is 6. The third-order valence-electron chi connectivity index (χ3n) is 10.9. The molecule has 2 heterocycles. The maximum absolute atomic E-state index is 13.6. The summed E-state index contributed by atoms with van der Waals surface area (Å²) in [6, 6.07) is 10.2. The second-order valence-corrected chi connectivity index (χ2v) is 45.0. The monoisotopic (exact) mass is 714 g/mol. The van der Waals surface area contributed by atoms with Gasteiger partial charge in [0.1, 0.15) is 0 Å². The van der Waals surface area contributed by atoms with Gasteiger partial charge in [-0.25, -0.2) is 0 Å². The van der Waals surface area contributed by atoms with Gasteiger partial charge in [0.05, 0.1) is 22.6 Å². The highest BCUT2D eigenvalue weighted by atomic mass is 28.5. The van der Waals surface area contributed by atoms with Gasteiger partial charge in [-0.05, 0) is 32.8 Å². The van der Waals surface area contributed by atoms with Crippen molar-refractivity contribution in [3.8, 4) is 0 Å². The molecule has 45 heavy (non-hydrogen) atoms. The van der Waals surface area contributed by atoms with Crippen LogP contribution in [0.15, 0.2) is 57.8 Å². The van der Waals surface area contributed by atoms with Crippen LogP contribution >= 0.6 is 0 Å². The average Bonchev–Trinajstić information content (AvgIpc) is 3.40. The Kier molecular flexibility index (Phi) is 8.65. The van der Waals surface area contributed by atoms with E-state index in [0.717, 1.165) is 37.1 Å². The predicted octanol–water partition coefficient (Wildman–Crippen LogP) is 11.2. The summed E-state index contributed by atoms with van der Waals surface area (Å²) >= 11 is 0. The number of benzene rings is 2. The van der Waals surface area contributed by atoms with Crippen LogP contribution in [0.1, 0.15) is 35.1 Å². The minimum Gasteiger partial charge on any atom is -0.293 e. The molecule has 2 nitrogen and oxygen atoms in total. The van der Waals surface area contributed by atoms with Gasteiger partial charge in [0, 0.05) is 43.4 Å². The van der Waals surface area contributed by atoms with E-state index < -0.39 is 64.2 Å². The molecule has 1 spiro atoms. The van der Waals surface area contributed by atoms with Crippen molar-refractivity contribution in [3.05, 3.63) is 70.8 Å². The van der Waals surface area contributed by atoms with Gasteiger partial charge in [-0.3, -0.25) is 9.32 Å². The Balaban J connectivity index is 2.21. The Morgan fingerprint density at radius 3 is 0.933 bits per heavy atom. The number of alkyl halides is 6. The molecule has 0 amide bonds. The first kappa shape index (κ1) is 36.3. The van der Waals surface area contributed by atoms with E-state index in [9.17, 15) is 26.3 Å². The van der Waals surface area contributed by atoms with E-state index in [1.54, 1.807) is 0 Å². The minimum absolute atomic E-state index is 0.0711. The Labute approximate surface area is 270 Å². The van der Waals surface area contributed by atoms with Gasteiger partial charge in [-0.2, -0.15) is 26.3 Å². The molecule has 0 atom stereocenters. The quantitative estimate of drug-likeness (QED) is 0.210. The van der Waals surface area contributed by atoms with Crippen LogP contribution in [0.5, 0.6) is 0 Å². The highest BCUT2D eigenvalue weighted by Crippen LogP contribution is 2.77. The summed E-state index contributed by atoms with van der Waals surface area (Å²) in [5.74, 6) is 0.